The van der Waals surface area contributed by atoms with E-state index in [1.165, 1.54) is 0 Å². The van der Waals surface area contributed by atoms with Gasteiger partial charge < -0.3 is 5.32 Å². The van der Waals surface area contributed by atoms with Crippen molar-refractivity contribution >= 4 is 11.6 Å². The van der Waals surface area contributed by atoms with Gasteiger partial charge in [0.25, 0.3) is 0 Å². The average Bonchev–Trinajstić information content (AvgIpc) is 3.04. The number of rotatable bonds is 5. The van der Waals surface area contributed by atoms with Crippen molar-refractivity contribution in [1.82, 2.24) is 9.78 Å². The van der Waals surface area contributed by atoms with Crippen molar-refractivity contribution in [2.24, 2.45) is 0 Å². The molecule has 0 bridgehead atoms. The van der Waals surface area contributed by atoms with Crippen LogP contribution in [-0.2, 0) is 11.2 Å². The van der Waals surface area contributed by atoms with E-state index < -0.39 is 0 Å². The van der Waals surface area contributed by atoms with Crippen molar-refractivity contribution in [2.75, 3.05) is 5.32 Å². The van der Waals surface area contributed by atoms with Gasteiger partial charge in [-0.25, -0.2) is 4.68 Å². The third kappa shape index (κ3) is 3.61. The van der Waals surface area contributed by atoms with E-state index in [1.807, 2.05) is 77.7 Å². The molecule has 4 nitrogen and oxygen atoms in total. The average molecular weight is 291 g/mol. The van der Waals surface area contributed by atoms with Crippen molar-refractivity contribution in [3.8, 4) is 5.69 Å². The molecule has 0 aliphatic carbocycles. The van der Waals surface area contributed by atoms with Crippen LogP contribution in [0.4, 0.5) is 5.69 Å². The zero-order valence-electron chi connectivity index (χ0n) is 12.1. The smallest absolute Gasteiger partial charge is 0.224 e. The van der Waals surface area contributed by atoms with Gasteiger partial charge in [-0.05, 0) is 36.2 Å². The Morgan fingerprint density at radius 1 is 1.00 bits per heavy atom. The fraction of sp³-hybridized carbons (Fsp3) is 0.111. The van der Waals surface area contributed by atoms with E-state index in [0.29, 0.717) is 12.8 Å². The number of aryl methyl sites for hydroxylation is 1. The molecular formula is C18H17N3O. The minimum Gasteiger partial charge on any atom is -0.326 e. The molecule has 3 aromatic rings. The molecule has 3 rings (SSSR count). The van der Waals surface area contributed by atoms with Crippen LogP contribution in [0.2, 0.25) is 0 Å². The van der Waals surface area contributed by atoms with E-state index >= 15 is 0 Å². The van der Waals surface area contributed by atoms with Gasteiger partial charge in [0.2, 0.25) is 5.91 Å². The third-order valence-electron chi connectivity index (χ3n) is 3.36. The molecule has 1 heterocycles. The van der Waals surface area contributed by atoms with Crippen molar-refractivity contribution in [3.05, 3.63) is 78.6 Å². The number of carbonyl (C=O) groups excluding carboxylic acids is 1. The van der Waals surface area contributed by atoms with Gasteiger partial charge in [-0.2, -0.15) is 5.10 Å². The summed E-state index contributed by atoms with van der Waals surface area (Å²) < 4.78 is 1.82. The number of aromatic nitrogens is 2. The third-order valence-corrected chi connectivity index (χ3v) is 3.36. The van der Waals surface area contributed by atoms with Gasteiger partial charge in [0.05, 0.1) is 11.9 Å². The second-order valence-corrected chi connectivity index (χ2v) is 5.04. The van der Waals surface area contributed by atoms with Crippen LogP contribution in [0.3, 0.4) is 0 Å². The fourth-order valence-corrected chi connectivity index (χ4v) is 2.21. The second kappa shape index (κ2) is 6.72. The minimum absolute atomic E-state index is 0.0126. The van der Waals surface area contributed by atoms with Crippen LogP contribution in [0.25, 0.3) is 5.69 Å². The molecule has 1 N–H and O–H groups in total. The Morgan fingerprint density at radius 2 is 1.68 bits per heavy atom. The summed E-state index contributed by atoms with van der Waals surface area (Å²) in [5, 5.41) is 7.22. The lowest BCUT2D eigenvalue weighted by Gasteiger charge is -2.03. The standard InChI is InChI=1S/C18H17N3O/c22-18(20-16-7-3-1-4-8-16)12-11-15-13-19-21(14-15)17-9-5-2-6-10-17/h1-10,13-14H,11-12H2,(H,20,22). The molecule has 0 aliphatic rings. The topological polar surface area (TPSA) is 46.9 Å². The largest absolute Gasteiger partial charge is 0.326 e. The summed E-state index contributed by atoms with van der Waals surface area (Å²) in [4.78, 5) is 11.9. The lowest BCUT2D eigenvalue weighted by atomic mass is 10.2. The van der Waals surface area contributed by atoms with E-state index in [4.69, 9.17) is 0 Å². The van der Waals surface area contributed by atoms with Crippen molar-refractivity contribution in [2.45, 2.75) is 12.8 Å². The maximum Gasteiger partial charge on any atom is 0.224 e. The molecule has 0 radical (unpaired) electrons. The van der Waals surface area contributed by atoms with Gasteiger partial charge in [-0.15, -0.1) is 0 Å². The van der Waals surface area contributed by atoms with E-state index in [0.717, 1.165) is 16.9 Å². The first-order valence-electron chi connectivity index (χ1n) is 7.25. The number of amides is 1. The Bertz CT molecular complexity index is 735. The van der Waals surface area contributed by atoms with Crippen LogP contribution in [-0.4, -0.2) is 15.7 Å². The number of carbonyl (C=O) groups is 1. The zero-order valence-corrected chi connectivity index (χ0v) is 12.1. The Morgan fingerprint density at radius 3 is 2.41 bits per heavy atom. The Hall–Kier alpha value is -2.88. The van der Waals surface area contributed by atoms with E-state index in [9.17, 15) is 4.79 Å². The first-order chi connectivity index (χ1) is 10.8. The molecule has 0 unspecified atom stereocenters. The van der Waals surface area contributed by atoms with Crippen LogP contribution >= 0.6 is 0 Å². The van der Waals surface area contributed by atoms with E-state index in [2.05, 4.69) is 10.4 Å². The van der Waals surface area contributed by atoms with Gasteiger partial charge in [0, 0.05) is 18.3 Å². The van der Waals surface area contributed by atoms with E-state index in [1.54, 1.807) is 0 Å². The molecule has 1 amide bonds. The second-order valence-electron chi connectivity index (χ2n) is 5.04. The predicted octanol–water partition coefficient (Wildman–Crippen LogP) is 3.44. The lowest BCUT2D eigenvalue weighted by molar-refractivity contribution is -0.116. The summed E-state index contributed by atoms with van der Waals surface area (Å²) >= 11 is 0. The number of nitrogens with one attached hydrogen (secondary N) is 1. The van der Waals surface area contributed by atoms with E-state index in [-0.39, 0.29) is 5.91 Å². The maximum atomic E-state index is 11.9. The van der Waals surface area contributed by atoms with Crippen molar-refractivity contribution in [1.29, 1.82) is 0 Å². The molecule has 1 aromatic heterocycles. The highest BCUT2D eigenvalue weighted by Gasteiger charge is 2.05. The molecule has 0 aliphatic heterocycles. The highest BCUT2D eigenvalue weighted by atomic mass is 16.1. The normalized spacial score (nSPS) is 10.4. The molecule has 2 aromatic carbocycles. The molecule has 0 fully saturated rings. The van der Waals surface area contributed by atoms with Gasteiger partial charge in [-0.1, -0.05) is 36.4 Å². The van der Waals surface area contributed by atoms with Crippen LogP contribution < -0.4 is 5.32 Å². The number of benzene rings is 2. The summed E-state index contributed by atoms with van der Waals surface area (Å²) in [6.45, 7) is 0. The minimum atomic E-state index is 0.0126. The molecular weight excluding hydrogens is 274 g/mol. The molecule has 0 spiro atoms. The number of hydrogen-bond donors (Lipinski definition) is 1. The Labute approximate surface area is 129 Å². The number of anilines is 1. The quantitative estimate of drug-likeness (QED) is 0.782. The highest BCUT2D eigenvalue weighted by Crippen LogP contribution is 2.10. The van der Waals surface area contributed by atoms with Crippen LogP contribution in [0.5, 0.6) is 0 Å². The first kappa shape index (κ1) is 14.1. The molecule has 4 heteroatoms. The SMILES string of the molecule is O=C(CCc1cnn(-c2ccccc2)c1)Nc1ccccc1. The van der Waals surface area contributed by atoms with Crippen molar-refractivity contribution < 1.29 is 4.79 Å². The molecule has 0 saturated heterocycles. The monoisotopic (exact) mass is 291 g/mol. The fourth-order valence-electron chi connectivity index (χ4n) is 2.21. The molecule has 0 atom stereocenters. The number of nitrogens with zero attached hydrogens (tertiary/aromatic N) is 2. The number of para-hydroxylation sites is 2. The van der Waals surface area contributed by atoms with Crippen LogP contribution in [0.15, 0.2) is 73.1 Å². The summed E-state index contributed by atoms with van der Waals surface area (Å²) in [5.74, 6) is 0.0126. The van der Waals surface area contributed by atoms with Crippen molar-refractivity contribution in [3.63, 3.8) is 0 Å². The zero-order chi connectivity index (χ0) is 15.2. The summed E-state index contributed by atoms with van der Waals surface area (Å²) in [6.07, 6.45) is 4.88. The Balaban J connectivity index is 1.56. The molecule has 110 valence electrons. The van der Waals surface area contributed by atoms with Gasteiger partial charge >= 0.3 is 0 Å². The predicted molar refractivity (Wildman–Crippen MR) is 87.0 cm³/mol. The number of hydrogen-bond acceptors (Lipinski definition) is 2. The highest BCUT2D eigenvalue weighted by molar-refractivity contribution is 5.90. The van der Waals surface area contributed by atoms with Gasteiger partial charge in [0.15, 0.2) is 0 Å². The summed E-state index contributed by atoms with van der Waals surface area (Å²) in [7, 11) is 0. The van der Waals surface area contributed by atoms with Gasteiger partial charge in [0.1, 0.15) is 0 Å². The van der Waals surface area contributed by atoms with Crippen LogP contribution in [0, 0.1) is 0 Å². The Kier molecular flexibility index (Phi) is 4.30. The first-order valence-corrected chi connectivity index (χ1v) is 7.25. The maximum absolute atomic E-state index is 11.9. The van der Waals surface area contributed by atoms with Crippen LogP contribution in [0.1, 0.15) is 12.0 Å². The molecule has 0 saturated carbocycles. The lowest BCUT2D eigenvalue weighted by Crippen LogP contribution is -2.11. The summed E-state index contributed by atoms with van der Waals surface area (Å²) in [6, 6.07) is 19.4. The van der Waals surface area contributed by atoms with Gasteiger partial charge in [-0.3, -0.25) is 4.79 Å². The summed E-state index contributed by atoms with van der Waals surface area (Å²) in [5.41, 5.74) is 2.89. The molecule has 22 heavy (non-hydrogen) atoms.